The quantitative estimate of drug-likeness (QED) is 0.392. The minimum atomic E-state index is -0.559. The molecule has 9 nitrogen and oxygen atoms in total. The highest BCUT2D eigenvalue weighted by Gasteiger charge is 2.26. The van der Waals surface area contributed by atoms with Gasteiger partial charge < -0.3 is 19.5 Å². The van der Waals surface area contributed by atoms with E-state index < -0.39 is 4.92 Å². The molecule has 0 bridgehead atoms. The molecule has 0 aromatic carbocycles. The van der Waals surface area contributed by atoms with Gasteiger partial charge in [0.25, 0.3) is 5.88 Å². The summed E-state index contributed by atoms with van der Waals surface area (Å²) in [6, 6.07) is 0. The summed E-state index contributed by atoms with van der Waals surface area (Å²) in [4.78, 5) is 18.8. The standard InChI is InChI=1S/C12H20N4O5/c1-4-6-21-12-10(16(17)18)11(13-5-7-19-2)14-9(15-12)8-20-3/h4-8H2,1-3H3,(H,13,14,15). The molecule has 0 unspecified atom stereocenters. The predicted molar refractivity (Wildman–Crippen MR) is 75.6 cm³/mol. The lowest BCUT2D eigenvalue weighted by Crippen LogP contribution is -2.14. The van der Waals surface area contributed by atoms with Crippen LogP contribution in [-0.2, 0) is 16.1 Å². The Labute approximate surface area is 122 Å². The van der Waals surface area contributed by atoms with Crippen LogP contribution >= 0.6 is 0 Å². The number of methoxy groups -OCH3 is 2. The first-order valence-electron chi connectivity index (χ1n) is 6.53. The number of ether oxygens (including phenoxy) is 3. The average molecular weight is 300 g/mol. The van der Waals surface area contributed by atoms with Crippen molar-refractivity contribution in [3.63, 3.8) is 0 Å². The van der Waals surface area contributed by atoms with Crippen molar-refractivity contribution in [2.45, 2.75) is 20.0 Å². The van der Waals surface area contributed by atoms with Crippen molar-refractivity contribution >= 4 is 11.5 Å². The molecule has 1 aromatic heterocycles. The van der Waals surface area contributed by atoms with Gasteiger partial charge in [0.05, 0.1) is 18.1 Å². The highest BCUT2D eigenvalue weighted by molar-refractivity contribution is 5.61. The summed E-state index contributed by atoms with van der Waals surface area (Å²) in [5, 5.41) is 14.1. The lowest BCUT2D eigenvalue weighted by atomic mass is 10.4. The van der Waals surface area contributed by atoms with Gasteiger partial charge in [-0.25, -0.2) is 4.98 Å². The maximum absolute atomic E-state index is 11.3. The van der Waals surface area contributed by atoms with Crippen molar-refractivity contribution < 1.29 is 19.1 Å². The molecule has 0 radical (unpaired) electrons. The van der Waals surface area contributed by atoms with Gasteiger partial charge in [-0.2, -0.15) is 4.98 Å². The third-order valence-electron chi connectivity index (χ3n) is 2.40. The van der Waals surface area contributed by atoms with Gasteiger partial charge >= 0.3 is 5.69 Å². The molecule has 0 aliphatic rings. The zero-order valence-corrected chi connectivity index (χ0v) is 12.4. The second kappa shape index (κ2) is 9.03. The zero-order valence-electron chi connectivity index (χ0n) is 12.4. The number of hydrogen-bond donors (Lipinski definition) is 1. The Morgan fingerprint density at radius 1 is 1.24 bits per heavy atom. The second-order valence-corrected chi connectivity index (χ2v) is 4.10. The molecule has 0 aliphatic carbocycles. The van der Waals surface area contributed by atoms with Crippen LogP contribution in [0.4, 0.5) is 11.5 Å². The van der Waals surface area contributed by atoms with Crippen molar-refractivity contribution in [1.29, 1.82) is 0 Å². The van der Waals surface area contributed by atoms with Gasteiger partial charge in [0, 0.05) is 20.8 Å². The van der Waals surface area contributed by atoms with Crippen molar-refractivity contribution in [2.24, 2.45) is 0 Å². The van der Waals surface area contributed by atoms with E-state index >= 15 is 0 Å². The molecule has 9 heteroatoms. The third-order valence-corrected chi connectivity index (χ3v) is 2.40. The Kier molecular flexibility index (Phi) is 7.33. The van der Waals surface area contributed by atoms with Crippen LogP contribution in [0.3, 0.4) is 0 Å². The number of anilines is 1. The van der Waals surface area contributed by atoms with Gasteiger partial charge in [-0.15, -0.1) is 0 Å². The summed E-state index contributed by atoms with van der Waals surface area (Å²) in [7, 11) is 3.04. The van der Waals surface area contributed by atoms with E-state index in [2.05, 4.69) is 15.3 Å². The third kappa shape index (κ3) is 5.12. The minimum absolute atomic E-state index is 0.0520. The fourth-order valence-electron chi connectivity index (χ4n) is 1.53. The van der Waals surface area contributed by atoms with Crippen LogP contribution in [0.1, 0.15) is 19.2 Å². The summed E-state index contributed by atoms with van der Waals surface area (Å²) in [5.41, 5.74) is -0.278. The molecule has 1 N–H and O–H groups in total. The maximum atomic E-state index is 11.3. The van der Waals surface area contributed by atoms with Crippen LogP contribution < -0.4 is 10.1 Å². The molecule has 1 aromatic rings. The first kappa shape index (κ1) is 17.1. The van der Waals surface area contributed by atoms with E-state index in [0.717, 1.165) is 0 Å². The molecule has 1 heterocycles. The smallest absolute Gasteiger partial charge is 0.372 e. The summed E-state index contributed by atoms with van der Waals surface area (Å²) in [6.07, 6.45) is 0.715. The van der Waals surface area contributed by atoms with Crippen LogP contribution in [0.15, 0.2) is 0 Å². The van der Waals surface area contributed by atoms with Crippen LogP contribution in [-0.4, -0.2) is 48.9 Å². The van der Waals surface area contributed by atoms with E-state index in [1.54, 1.807) is 7.11 Å². The van der Waals surface area contributed by atoms with Crippen LogP contribution in [0.25, 0.3) is 0 Å². The first-order chi connectivity index (χ1) is 10.1. The van der Waals surface area contributed by atoms with Crippen molar-refractivity contribution in [3.05, 3.63) is 15.9 Å². The molecule has 21 heavy (non-hydrogen) atoms. The molecule has 0 aliphatic heterocycles. The largest absolute Gasteiger partial charge is 0.473 e. The van der Waals surface area contributed by atoms with Gasteiger partial charge in [0.15, 0.2) is 5.82 Å². The first-order valence-corrected chi connectivity index (χ1v) is 6.53. The Morgan fingerprint density at radius 3 is 2.57 bits per heavy atom. The van der Waals surface area contributed by atoms with Crippen molar-refractivity contribution in [1.82, 2.24) is 9.97 Å². The highest BCUT2D eigenvalue weighted by atomic mass is 16.6. The van der Waals surface area contributed by atoms with E-state index in [9.17, 15) is 10.1 Å². The summed E-state index contributed by atoms with van der Waals surface area (Å²) < 4.78 is 15.2. The number of nitrogens with one attached hydrogen (secondary N) is 1. The second-order valence-electron chi connectivity index (χ2n) is 4.10. The monoisotopic (exact) mass is 300 g/mol. The molecule has 1 rings (SSSR count). The van der Waals surface area contributed by atoms with E-state index in [-0.39, 0.29) is 24.0 Å². The predicted octanol–water partition coefficient (Wildman–Crippen LogP) is 1.38. The lowest BCUT2D eigenvalue weighted by molar-refractivity contribution is -0.385. The van der Waals surface area contributed by atoms with Gasteiger partial charge in [-0.3, -0.25) is 10.1 Å². The lowest BCUT2D eigenvalue weighted by Gasteiger charge is -2.11. The Hall–Kier alpha value is -2.00. The summed E-state index contributed by atoms with van der Waals surface area (Å²) in [5.74, 6) is 0.364. The number of hydrogen-bond acceptors (Lipinski definition) is 8. The minimum Gasteiger partial charge on any atom is -0.473 e. The number of nitrogens with zero attached hydrogens (tertiary/aromatic N) is 3. The molecular weight excluding hydrogens is 280 g/mol. The van der Waals surface area contributed by atoms with Gasteiger partial charge in [0.2, 0.25) is 5.82 Å². The molecule has 0 spiro atoms. The van der Waals surface area contributed by atoms with Crippen molar-refractivity contribution in [3.8, 4) is 5.88 Å². The Morgan fingerprint density at radius 2 is 2.00 bits per heavy atom. The van der Waals surface area contributed by atoms with Crippen LogP contribution in [0.5, 0.6) is 5.88 Å². The van der Waals surface area contributed by atoms with E-state index in [4.69, 9.17) is 14.2 Å². The maximum Gasteiger partial charge on any atom is 0.372 e. The normalized spacial score (nSPS) is 10.4. The fraction of sp³-hybridized carbons (Fsp3) is 0.667. The van der Waals surface area contributed by atoms with E-state index in [0.29, 0.717) is 32.0 Å². The van der Waals surface area contributed by atoms with Gasteiger partial charge in [-0.05, 0) is 6.42 Å². The van der Waals surface area contributed by atoms with Gasteiger partial charge in [-0.1, -0.05) is 6.92 Å². The molecule has 118 valence electrons. The number of aromatic nitrogens is 2. The topological polar surface area (TPSA) is 109 Å². The molecular formula is C12H20N4O5. The molecule has 0 saturated carbocycles. The van der Waals surface area contributed by atoms with Gasteiger partial charge in [0.1, 0.15) is 6.61 Å². The fourth-order valence-corrected chi connectivity index (χ4v) is 1.53. The summed E-state index contributed by atoms with van der Waals surface area (Å²) in [6.45, 7) is 3.15. The zero-order chi connectivity index (χ0) is 15.7. The van der Waals surface area contributed by atoms with Crippen LogP contribution in [0, 0.1) is 10.1 Å². The summed E-state index contributed by atoms with van der Waals surface area (Å²) >= 11 is 0. The Balaban J connectivity index is 3.14. The van der Waals surface area contributed by atoms with Crippen molar-refractivity contribution in [2.75, 3.05) is 39.3 Å². The molecule has 0 atom stereocenters. The highest BCUT2D eigenvalue weighted by Crippen LogP contribution is 2.32. The molecule has 0 fully saturated rings. The molecule has 0 amide bonds. The van der Waals surface area contributed by atoms with E-state index in [1.807, 2.05) is 6.92 Å². The SMILES string of the molecule is CCCOc1nc(COC)nc(NCCOC)c1[N+](=O)[O-]. The number of rotatable bonds is 10. The molecule has 0 saturated heterocycles. The van der Waals surface area contributed by atoms with E-state index in [1.165, 1.54) is 7.11 Å². The van der Waals surface area contributed by atoms with Crippen LogP contribution in [0.2, 0.25) is 0 Å². The number of nitro groups is 1. The Bertz CT molecular complexity index is 469. The average Bonchev–Trinajstić information content (AvgIpc) is 2.45.